The number of nitrogens with zero attached hydrogens (tertiary/aromatic N) is 2. The maximum atomic E-state index is 13.4. The van der Waals surface area contributed by atoms with Gasteiger partial charge >= 0.3 is 5.69 Å². The third-order valence-electron chi connectivity index (χ3n) is 6.20. The molecule has 0 spiro atoms. The largest absolute Gasteiger partial charge is 0.477 e. The second-order valence-electron chi connectivity index (χ2n) is 8.95. The summed E-state index contributed by atoms with van der Waals surface area (Å²) in [5.41, 5.74) is 2.19. The van der Waals surface area contributed by atoms with Gasteiger partial charge in [0.2, 0.25) is 0 Å². The van der Waals surface area contributed by atoms with Gasteiger partial charge in [-0.3, -0.25) is 14.9 Å². The molecule has 0 aromatic heterocycles. The Balaban J connectivity index is 1.69. The van der Waals surface area contributed by atoms with Gasteiger partial charge in [-0.25, -0.2) is 0 Å². The zero-order chi connectivity index (χ0) is 22.9. The molecule has 3 aromatic carbocycles. The number of para-hydroxylation sites is 3. The van der Waals surface area contributed by atoms with Crippen LogP contribution in [0.4, 0.5) is 11.4 Å². The lowest BCUT2D eigenvalue weighted by Crippen LogP contribution is -2.57. The first-order valence-electron chi connectivity index (χ1n) is 10.6. The Hall–Kier alpha value is -3.67. The molecule has 1 heterocycles. The summed E-state index contributed by atoms with van der Waals surface area (Å²) < 4.78 is 5.63. The lowest BCUT2D eigenvalue weighted by molar-refractivity contribution is -0.385. The van der Waals surface area contributed by atoms with E-state index in [2.05, 4.69) is 25.1 Å². The Morgan fingerprint density at radius 3 is 2.31 bits per heavy atom. The first-order valence-corrected chi connectivity index (χ1v) is 10.6. The summed E-state index contributed by atoms with van der Waals surface area (Å²) in [6.45, 7) is 6.03. The first kappa shape index (κ1) is 21.6. The SMILES string of the molecule is CC1(C)C[C@@](C)(c2ccccc2)c2ccccc2N1C(=O)COc1ccccc1[N+](=O)[O-]. The fourth-order valence-corrected chi connectivity index (χ4v) is 4.97. The molecule has 0 aliphatic carbocycles. The molecule has 0 unspecified atom stereocenters. The van der Waals surface area contributed by atoms with Crippen molar-refractivity contribution in [2.45, 2.75) is 38.1 Å². The van der Waals surface area contributed by atoms with Crippen molar-refractivity contribution < 1.29 is 14.5 Å². The van der Waals surface area contributed by atoms with Crippen LogP contribution in [0, 0.1) is 10.1 Å². The van der Waals surface area contributed by atoms with Crippen molar-refractivity contribution in [3.63, 3.8) is 0 Å². The number of anilines is 1. The standard InChI is InChI=1S/C26H26N2O4/c1-25(2)18-26(3,19-11-5-4-6-12-19)20-13-7-8-14-21(20)27(25)24(29)17-32-23-16-10-9-15-22(23)28(30)31/h4-16H,17-18H2,1-3H3/t26-/m0/s1. The van der Waals surface area contributed by atoms with Crippen molar-refractivity contribution in [2.24, 2.45) is 0 Å². The highest BCUT2D eigenvalue weighted by Gasteiger charge is 2.47. The fraction of sp³-hybridized carbons (Fsp3) is 0.269. The Morgan fingerprint density at radius 2 is 1.59 bits per heavy atom. The minimum Gasteiger partial charge on any atom is -0.477 e. The molecule has 164 valence electrons. The van der Waals surface area contributed by atoms with Crippen molar-refractivity contribution in [3.8, 4) is 5.75 Å². The minimum absolute atomic E-state index is 0.0862. The molecular formula is C26H26N2O4. The molecule has 1 atom stereocenters. The smallest absolute Gasteiger partial charge is 0.310 e. The average Bonchev–Trinajstić information content (AvgIpc) is 2.78. The molecule has 1 aliphatic rings. The van der Waals surface area contributed by atoms with E-state index in [1.807, 2.05) is 50.2 Å². The highest BCUT2D eigenvalue weighted by atomic mass is 16.6. The van der Waals surface area contributed by atoms with Crippen LogP contribution in [0.2, 0.25) is 0 Å². The number of rotatable bonds is 5. The number of hydrogen-bond donors (Lipinski definition) is 0. The molecule has 4 rings (SSSR count). The van der Waals surface area contributed by atoms with Gasteiger partial charge in [-0.1, -0.05) is 67.6 Å². The number of fused-ring (bicyclic) bond motifs is 1. The Labute approximate surface area is 187 Å². The number of nitro groups is 1. The number of benzene rings is 3. The molecule has 0 saturated heterocycles. The third-order valence-corrected chi connectivity index (χ3v) is 6.20. The topological polar surface area (TPSA) is 72.7 Å². The van der Waals surface area contributed by atoms with Crippen molar-refractivity contribution in [1.29, 1.82) is 0 Å². The van der Waals surface area contributed by atoms with Gasteiger partial charge in [0, 0.05) is 22.7 Å². The van der Waals surface area contributed by atoms with E-state index < -0.39 is 10.5 Å². The Morgan fingerprint density at radius 1 is 0.969 bits per heavy atom. The number of carbonyl (C=O) groups is 1. The molecule has 0 radical (unpaired) electrons. The molecular weight excluding hydrogens is 404 g/mol. The van der Waals surface area contributed by atoms with Gasteiger partial charge in [0.1, 0.15) is 0 Å². The number of amides is 1. The molecule has 0 saturated carbocycles. The molecule has 0 N–H and O–H groups in total. The maximum Gasteiger partial charge on any atom is 0.310 e. The summed E-state index contributed by atoms with van der Waals surface area (Å²) >= 11 is 0. The summed E-state index contributed by atoms with van der Waals surface area (Å²) in [6, 6.07) is 24.4. The minimum atomic E-state index is -0.509. The van der Waals surface area contributed by atoms with E-state index in [0.29, 0.717) is 0 Å². The summed E-state index contributed by atoms with van der Waals surface area (Å²) in [5.74, 6) is -0.154. The van der Waals surface area contributed by atoms with E-state index in [-0.39, 0.29) is 29.4 Å². The van der Waals surface area contributed by atoms with Gasteiger partial charge in [0.15, 0.2) is 12.4 Å². The molecule has 3 aromatic rings. The van der Waals surface area contributed by atoms with Gasteiger partial charge in [-0.05, 0) is 43.5 Å². The number of nitro benzene ring substituents is 1. The highest BCUT2D eigenvalue weighted by molar-refractivity contribution is 5.97. The van der Waals surface area contributed by atoms with Crippen LogP contribution in [-0.4, -0.2) is 23.0 Å². The Bertz CT molecular complexity index is 1160. The molecule has 6 heteroatoms. The monoisotopic (exact) mass is 430 g/mol. The lowest BCUT2D eigenvalue weighted by atomic mass is 9.65. The number of hydrogen-bond acceptors (Lipinski definition) is 4. The van der Waals surface area contributed by atoms with Crippen LogP contribution in [-0.2, 0) is 10.2 Å². The first-order chi connectivity index (χ1) is 15.2. The van der Waals surface area contributed by atoms with Crippen molar-refractivity contribution in [2.75, 3.05) is 11.5 Å². The van der Waals surface area contributed by atoms with Crippen molar-refractivity contribution in [3.05, 3.63) is 100 Å². The highest BCUT2D eigenvalue weighted by Crippen LogP contribution is 2.50. The number of carbonyl (C=O) groups excluding carboxylic acids is 1. The van der Waals surface area contributed by atoms with Crippen LogP contribution in [0.1, 0.15) is 38.3 Å². The summed E-state index contributed by atoms with van der Waals surface area (Å²) in [5, 5.41) is 11.3. The third kappa shape index (κ3) is 3.73. The van der Waals surface area contributed by atoms with Crippen LogP contribution < -0.4 is 9.64 Å². The van der Waals surface area contributed by atoms with Crippen LogP contribution in [0.25, 0.3) is 0 Å². The molecule has 0 fully saturated rings. The lowest BCUT2D eigenvalue weighted by Gasteiger charge is -2.51. The van der Waals surface area contributed by atoms with E-state index in [0.717, 1.165) is 17.7 Å². The zero-order valence-corrected chi connectivity index (χ0v) is 18.4. The molecule has 0 bridgehead atoms. The van der Waals surface area contributed by atoms with Crippen LogP contribution in [0.5, 0.6) is 5.75 Å². The van der Waals surface area contributed by atoms with Crippen molar-refractivity contribution >= 4 is 17.3 Å². The summed E-state index contributed by atoms with van der Waals surface area (Å²) in [6.07, 6.45) is 0.720. The van der Waals surface area contributed by atoms with Gasteiger partial charge in [-0.15, -0.1) is 0 Å². The predicted molar refractivity (Wildman–Crippen MR) is 124 cm³/mol. The van der Waals surface area contributed by atoms with Crippen LogP contribution in [0.15, 0.2) is 78.9 Å². The summed E-state index contributed by atoms with van der Waals surface area (Å²) in [7, 11) is 0. The van der Waals surface area contributed by atoms with E-state index in [1.54, 1.807) is 17.0 Å². The normalized spacial score (nSPS) is 19.2. The van der Waals surface area contributed by atoms with Gasteiger partial charge in [-0.2, -0.15) is 0 Å². The number of ether oxygens (including phenoxy) is 1. The molecule has 1 amide bonds. The van der Waals surface area contributed by atoms with E-state index in [1.165, 1.54) is 17.7 Å². The fourth-order valence-electron chi connectivity index (χ4n) is 4.97. The van der Waals surface area contributed by atoms with Crippen molar-refractivity contribution in [1.82, 2.24) is 0 Å². The van der Waals surface area contributed by atoms with Crippen LogP contribution in [0.3, 0.4) is 0 Å². The average molecular weight is 431 g/mol. The zero-order valence-electron chi connectivity index (χ0n) is 18.4. The van der Waals surface area contributed by atoms with Crippen LogP contribution >= 0.6 is 0 Å². The maximum absolute atomic E-state index is 13.4. The predicted octanol–water partition coefficient (Wildman–Crippen LogP) is 5.50. The van der Waals surface area contributed by atoms with Gasteiger partial charge in [0.25, 0.3) is 5.91 Å². The Kier molecular flexibility index (Phi) is 5.46. The van der Waals surface area contributed by atoms with E-state index >= 15 is 0 Å². The second kappa shape index (κ2) is 8.11. The summed E-state index contributed by atoms with van der Waals surface area (Å²) in [4.78, 5) is 26.0. The van der Waals surface area contributed by atoms with E-state index in [9.17, 15) is 14.9 Å². The molecule has 32 heavy (non-hydrogen) atoms. The molecule has 6 nitrogen and oxygen atoms in total. The van der Waals surface area contributed by atoms with E-state index in [4.69, 9.17) is 4.74 Å². The quantitative estimate of drug-likeness (QED) is 0.396. The second-order valence-corrected chi connectivity index (χ2v) is 8.95. The molecule has 1 aliphatic heterocycles. The van der Waals surface area contributed by atoms with Gasteiger partial charge < -0.3 is 9.64 Å². The van der Waals surface area contributed by atoms with Gasteiger partial charge in [0.05, 0.1) is 4.92 Å².